The zero-order chi connectivity index (χ0) is 13.0. The molecule has 0 N–H and O–H groups in total. The Labute approximate surface area is 103 Å². The molecule has 0 saturated heterocycles. The van der Waals surface area contributed by atoms with E-state index in [1.165, 1.54) is 11.9 Å². The van der Waals surface area contributed by atoms with Gasteiger partial charge in [0.15, 0.2) is 18.1 Å². The third-order valence-corrected chi connectivity index (χ3v) is 2.23. The minimum absolute atomic E-state index is 0.185. The maximum Gasteiger partial charge on any atom is 0.212 e. The van der Waals surface area contributed by atoms with Crippen LogP contribution in [0.5, 0.6) is 11.5 Å². The van der Waals surface area contributed by atoms with Crippen LogP contribution in [0.3, 0.4) is 0 Å². The van der Waals surface area contributed by atoms with E-state index >= 15 is 0 Å². The monoisotopic (exact) mass is 248 g/mol. The second-order valence-corrected chi connectivity index (χ2v) is 3.51. The summed E-state index contributed by atoms with van der Waals surface area (Å²) < 4.78 is 10.6. The lowest BCUT2D eigenvalue weighted by Gasteiger charge is -2.09. The highest BCUT2D eigenvalue weighted by atomic mass is 16.5. The SMILES string of the molecule is COc1cc(C=O)ccc1OCc1nnn(C)n1. The van der Waals surface area contributed by atoms with E-state index in [4.69, 9.17) is 9.47 Å². The molecule has 0 radical (unpaired) electrons. The Kier molecular flexibility index (Phi) is 3.52. The molecule has 0 aliphatic rings. The van der Waals surface area contributed by atoms with Crippen LogP contribution in [0.1, 0.15) is 16.2 Å². The number of rotatable bonds is 5. The van der Waals surface area contributed by atoms with E-state index in [1.807, 2.05) is 0 Å². The average molecular weight is 248 g/mol. The van der Waals surface area contributed by atoms with Gasteiger partial charge in [-0.3, -0.25) is 4.79 Å². The predicted molar refractivity (Wildman–Crippen MR) is 61.5 cm³/mol. The lowest BCUT2D eigenvalue weighted by atomic mass is 10.2. The number of hydrogen-bond donors (Lipinski definition) is 0. The van der Waals surface area contributed by atoms with Gasteiger partial charge in [-0.05, 0) is 23.4 Å². The average Bonchev–Trinajstić information content (AvgIpc) is 2.82. The van der Waals surface area contributed by atoms with Crippen molar-refractivity contribution in [2.75, 3.05) is 7.11 Å². The van der Waals surface area contributed by atoms with E-state index in [2.05, 4.69) is 15.4 Å². The maximum atomic E-state index is 10.6. The van der Waals surface area contributed by atoms with Gasteiger partial charge in [0.25, 0.3) is 0 Å². The molecule has 7 heteroatoms. The summed E-state index contributed by atoms with van der Waals surface area (Å²) in [5.74, 6) is 1.48. The highest BCUT2D eigenvalue weighted by Gasteiger charge is 2.07. The summed E-state index contributed by atoms with van der Waals surface area (Å²) in [5.41, 5.74) is 0.525. The second kappa shape index (κ2) is 5.26. The molecular formula is C11H12N4O3. The van der Waals surface area contributed by atoms with Gasteiger partial charge in [-0.2, -0.15) is 4.80 Å². The van der Waals surface area contributed by atoms with Gasteiger partial charge in [0.2, 0.25) is 5.82 Å². The second-order valence-electron chi connectivity index (χ2n) is 3.51. The number of aryl methyl sites for hydroxylation is 1. The molecule has 0 unspecified atom stereocenters. The Morgan fingerprint density at radius 2 is 2.22 bits per heavy atom. The van der Waals surface area contributed by atoms with Crippen molar-refractivity contribution in [2.24, 2.45) is 7.05 Å². The molecule has 94 valence electrons. The summed E-state index contributed by atoms with van der Waals surface area (Å²) in [5, 5.41) is 11.5. The molecule has 0 fully saturated rings. The zero-order valence-corrected chi connectivity index (χ0v) is 10.0. The smallest absolute Gasteiger partial charge is 0.212 e. The number of carbonyl (C=O) groups excluding carboxylic acids is 1. The van der Waals surface area contributed by atoms with Gasteiger partial charge in [-0.15, -0.1) is 10.2 Å². The largest absolute Gasteiger partial charge is 0.493 e. The molecule has 0 aliphatic carbocycles. The summed E-state index contributed by atoms with van der Waals surface area (Å²) in [6.07, 6.45) is 0.747. The number of methoxy groups -OCH3 is 1. The van der Waals surface area contributed by atoms with Crippen molar-refractivity contribution >= 4 is 6.29 Å². The molecule has 1 aromatic heterocycles. The van der Waals surface area contributed by atoms with Crippen molar-refractivity contribution in [3.05, 3.63) is 29.6 Å². The molecule has 0 saturated carbocycles. The van der Waals surface area contributed by atoms with Crippen LogP contribution >= 0.6 is 0 Å². The van der Waals surface area contributed by atoms with E-state index in [9.17, 15) is 4.79 Å². The fourth-order valence-electron chi connectivity index (χ4n) is 1.40. The molecule has 2 aromatic rings. The van der Waals surface area contributed by atoms with Crippen LogP contribution in [-0.2, 0) is 13.7 Å². The standard InChI is InChI=1S/C11H12N4O3/c1-15-13-11(12-14-15)7-18-9-4-3-8(6-16)5-10(9)17-2/h3-6H,7H2,1-2H3. The minimum Gasteiger partial charge on any atom is -0.493 e. The van der Waals surface area contributed by atoms with Crippen molar-refractivity contribution in [3.8, 4) is 11.5 Å². The normalized spacial score (nSPS) is 10.1. The Morgan fingerprint density at radius 1 is 1.39 bits per heavy atom. The van der Waals surface area contributed by atoms with Gasteiger partial charge in [0.05, 0.1) is 14.2 Å². The maximum absolute atomic E-state index is 10.6. The van der Waals surface area contributed by atoms with Crippen LogP contribution in [0, 0.1) is 0 Å². The summed E-state index contributed by atoms with van der Waals surface area (Å²) in [4.78, 5) is 12.0. The Hall–Kier alpha value is -2.44. The van der Waals surface area contributed by atoms with Crippen LogP contribution in [0.2, 0.25) is 0 Å². The quantitative estimate of drug-likeness (QED) is 0.721. The number of aldehydes is 1. The highest BCUT2D eigenvalue weighted by molar-refractivity contribution is 5.76. The van der Waals surface area contributed by atoms with Gasteiger partial charge in [-0.25, -0.2) is 0 Å². The van der Waals surface area contributed by atoms with Gasteiger partial charge >= 0.3 is 0 Å². The van der Waals surface area contributed by atoms with E-state index in [-0.39, 0.29) is 6.61 Å². The highest BCUT2D eigenvalue weighted by Crippen LogP contribution is 2.27. The molecule has 0 aliphatic heterocycles. The zero-order valence-electron chi connectivity index (χ0n) is 10.0. The minimum atomic E-state index is 0.185. The predicted octanol–water partition coefficient (Wildman–Crippen LogP) is 0.610. The van der Waals surface area contributed by atoms with E-state index in [0.29, 0.717) is 22.9 Å². The molecular weight excluding hydrogens is 236 g/mol. The Morgan fingerprint density at radius 3 is 2.83 bits per heavy atom. The first-order valence-electron chi connectivity index (χ1n) is 5.22. The Balaban J connectivity index is 2.11. The van der Waals surface area contributed by atoms with E-state index < -0.39 is 0 Å². The topological polar surface area (TPSA) is 79.1 Å². The first-order chi connectivity index (χ1) is 8.72. The number of aromatic nitrogens is 4. The molecule has 7 nitrogen and oxygen atoms in total. The lowest BCUT2D eigenvalue weighted by Crippen LogP contribution is -2.01. The van der Waals surface area contributed by atoms with E-state index in [1.54, 1.807) is 25.2 Å². The molecule has 18 heavy (non-hydrogen) atoms. The summed E-state index contributed by atoms with van der Waals surface area (Å²) in [6.45, 7) is 0.185. The van der Waals surface area contributed by atoms with Gasteiger partial charge < -0.3 is 9.47 Å². The Bertz CT molecular complexity index is 553. The summed E-state index contributed by atoms with van der Waals surface area (Å²) >= 11 is 0. The van der Waals surface area contributed by atoms with E-state index in [0.717, 1.165) is 6.29 Å². The van der Waals surface area contributed by atoms with Gasteiger partial charge in [-0.1, -0.05) is 0 Å². The lowest BCUT2D eigenvalue weighted by molar-refractivity contribution is 0.112. The van der Waals surface area contributed by atoms with Crippen LogP contribution in [-0.4, -0.2) is 33.6 Å². The van der Waals surface area contributed by atoms with Crippen LogP contribution < -0.4 is 9.47 Å². The molecule has 0 spiro atoms. The first-order valence-corrected chi connectivity index (χ1v) is 5.22. The molecule has 1 aromatic carbocycles. The molecule has 0 atom stereocenters. The molecule has 2 rings (SSSR count). The number of nitrogens with zero attached hydrogens (tertiary/aromatic N) is 4. The number of ether oxygens (including phenoxy) is 2. The fourth-order valence-corrected chi connectivity index (χ4v) is 1.40. The summed E-state index contributed by atoms with van der Waals surface area (Å²) in [7, 11) is 3.19. The van der Waals surface area contributed by atoms with Crippen molar-refractivity contribution in [1.29, 1.82) is 0 Å². The van der Waals surface area contributed by atoms with Crippen LogP contribution in [0.25, 0.3) is 0 Å². The van der Waals surface area contributed by atoms with Crippen LogP contribution in [0.4, 0.5) is 0 Å². The summed E-state index contributed by atoms with van der Waals surface area (Å²) in [6, 6.07) is 4.92. The van der Waals surface area contributed by atoms with Crippen molar-refractivity contribution in [3.63, 3.8) is 0 Å². The number of hydrogen-bond acceptors (Lipinski definition) is 6. The van der Waals surface area contributed by atoms with Gasteiger partial charge in [0, 0.05) is 5.56 Å². The molecule has 0 bridgehead atoms. The fraction of sp³-hybridized carbons (Fsp3) is 0.273. The van der Waals surface area contributed by atoms with Crippen molar-refractivity contribution < 1.29 is 14.3 Å². The third-order valence-electron chi connectivity index (χ3n) is 2.23. The van der Waals surface area contributed by atoms with Gasteiger partial charge in [0.1, 0.15) is 6.29 Å². The third kappa shape index (κ3) is 2.62. The van der Waals surface area contributed by atoms with Crippen LogP contribution in [0.15, 0.2) is 18.2 Å². The number of benzene rings is 1. The van der Waals surface area contributed by atoms with Crippen molar-refractivity contribution in [2.45, 2.75) is 6.61 Å². The van der Waals surface area contributed by atoms with Crippen molar-refractivity contribution in [1.82, 2.24) is 20.2 Å². The molecule has 0 amide bonds. The molecule has 1 heterocycles. The number of tetrazole rings is 1. The number of carbonyl (C=O) groups is 1. The first kappa shape index (κ1) is 12.0.